The Morgan fingerprint density at radius 2 is 2.40 bits per heavy atom. The van der Waals surface area contributed by atoms with E-state index in [0.29, 0.717) is 30.4 Å². The van der Waals surface area contributed by atoms with E-state index < -0.39 is 10.8 Å². The molecule has 0 aliphatic carbocycles. The van der Waals surface area contributed by atoms with Crippen molar-refractivity contribution in [2.45, 2.75) is 19.8 Å². The molecule has 1 aliphatic rings. The molecule has 4 nitrogen and oxygen atoms in total. The first-order chi connectivity index (χ1) is 7.22. The number of rotatable bonds is 6. The van der Waals surface area contributed by atoms with E-state index in [4.69, 9.17) is 0 Å². The third-order valence-electron chi connectivity index (χ3n) is 2.61. The minimum Gasteiger partial charge on any atom is -0.355 e. The molecule has 0 aromatic heterocycles. The van der Waals surface area contributed by atoms with Gasteiger partial charge in [-0.3, -0.25) is 9.00 Å². The number of nitrogens with one attached hydrogen (secondary N) is 2. The molecule has 2 N–H and O–H groups in total. The van der Waals surface area contributed by atoms with E-state index >= 15 is 0 Å². The SMILES string of the molecule is CCS(=O)CCNC(=O)CC1CCNC1. The Bertz CT molecular complexity index is 227. The van der Waals surface area contributed by atoms with E-state index in [0.717, 1.165) is 19.5 Å². The second-order valence-electron chi connectivity index (χ2n) is 3.85. The highest BCUT2D eigenvalue weighted by Gasteiger charge is 2.17. The Morgan fingerprint density at radius 3 is 3.00 bits per heavy atom. The quantitative estimate of drug-likeness (QED) is 0.671. The van der Waals surface area contributed by atoms with Gasteiger partial charge in [0, 0.05) is 35.3 Å². The summed E-state index contributed by atoms with van der Waals surface area (Å²) in [6.07, 6.45) is 1.69. The Labute approximate surface area is 93.7 Å². The molecule has 88 valence electrons. The zero-order valence-corrected chi connectivity index (χ0v) is 10.1. The lowest BCUT2D eigenvalue weighted by Gasteiger charge is -2.08. The molecule has 2 unspecified atom stereocenters. The maximum absolute atomic E-state index is 11.4. The van der Waals surface area contributed by atoms with Crippen LogP contribution in [0.15, 0.2) is 0 Å². The molecule has 1 rings (SSSR count). The summed E-state index contributed by atoms with van der Waals surface area (Å²) in [7, 11) is -0.774. The van der Waals surface area contributed by atoms with Crippen molar-refractivity contribution in [3.63, 3.8) is 0 Å². The summed E-state index contributed by atoms with van der Waals surface area (Å²) in [5, 5.41) is 6.05. The Hall–Kier alpha value is -0.420. The van der Waals surface area contributed by atoms with Crippen LogP contribution in [-0.2, 0) is 15.6 Å². The molecule has 0 bridgehead atoms. The molecule has 1 saturated heterocycles. The highest BCUT2D eigenvalue weighted by Crippen LogP contribution is 2.11. The van der Waals surface area contributed by atoms with Crippen LogP contribution in [-0.4, -0.2) is 41.3 Å². The van der Waals surface area contributed by atoms with E-state index in [1.807, 2.05) is 6.92 Å². The number of carbonyl (C=O) groups excluding carboxylic acids is 1. The fraction of sp³-hybridized carbons (Fsp3) is 0.900. The van der Waals surface area contributed by atoms with Crippen LogP contribution >= 0.6 is 0 Å². The molecule has 0 radical (unpaired) electrons. The fourth-order valence-electron chi connectivity index (χ4n) is 1.67. The van der Waals surface area contributed by atoms with Crippen LogP contribution in [0.3, 0.4) is 0 Å². The molecular formula is C10H20N2O2S. The topological polar surface area (TPSA) is 58.2 Å². The minimum atomic E-state index is -0.774. The highest BCUT2D eigenvalue weighted by atomic mass is 32.2. The van der Waals surface area contributed by atoms with Crippen LogP contribution in [0.25, 0.3) is 0 Å². The van der Waals surface area contributed by atoms with Gasteiger partial charge < -0.3 is 10.6 Å². The van der Waals surface area contributed by atoms with Crippen LogP contribution in [0.2, 0.25) is 0 Å². The lowest BCUT2D eigenvalue weighted by molar-refractivity contribution is -0.121. The van der Waals surface area contributed by atoms with Gasteiger partial charge >= 0.3 is 0 Å². The smallest absolute Gasteiger partial charge is 0.220 e. The number of hydrogen-bond donors (Lipinski definition) is 2. The third-order valence-corrected chi connectivity index (χ3v) is 3.91. The molecule has 0 aromatic rings. The Kier molecular flexibility index (Phi) is 5.86. The van der Waals surface area contributed by atoms with E-state index in [-0.39, 0.29) is 5.91 Å². The maximum Gasteiger partial charge on any atom is 0.220 e. The minimum absolute atomic E-state index is 0.0943. The zero-order valence-electron chi connectivity index (χ0n) is 9.25. The Balaban J connectivity index is 2.05. The molecule has 1 fully saturated rings. The van der Waals surface area contributed by atoms with Crippen molar-refractivity contribution in [2.75, 3.05) is 31.1 Å². The van der Waals surface area contributed by atoms with Gasteiger partial charge in [-0.2, -0.15) is 0 Å². The molecule has 2 atom stereocenters. The van der Waals surface area contributed by atoms with Crippen molar-refractivity contribution >= 4 is 16.7 Å². The molecule has 5 heteroatoms. The maximum atomic E-state index is 11.4. The van der Waals surface area contributed by atoms with Crippen molar-refractivity contribution < 1.29 is 9.00 Å². The lowest BCUT2D eigenvalue weighted by atomic mass is 10.1. The Morgan fingerprint density at radius 1 is 1.60 bits per heavy atom. The van der Waals surface area contributed by atoms with Gasteiger partial charge in [-0.05, 0) is 25.4 Å². The van der Waals surface area contributed by atoms with Gasteiger partial charge in [0.1, 0.15) is 0 Å². The van der Waals surface area contributed by atoms with Crippen LogP contribution in [0.4, 0.5) is 0 Å². The molecule has 0 saturated carbocycles. The van der Waals surface area contributed by atoms with Gasteiger partial charge in [-0.15, -0.1) is 0 Å². The molecule has 0 aromatic carbocycles. The van der Waals surface area contributed by atoms with E-state index in [9.17, 15) is 9.00 Å². The summed E-state index contributed by atoms with van der Waals surface area (Å²) < 4.78 is 11.1. The van der Waals surface area contributed by atoms with E-state index in [2.05, 4.69) is 10.6 Å². The third kappa shape index (κ3) is 5.28. The summed E-state index contributed by atoms with van der Waals surface area (Å²) in [4.78, 5) is 11.4. The van der Waals surface area contributed by atoms with Gasteiger partial charge in [0.2, 0.25) is 5.91 Å². The largest absolute Gasteiger partial charge is 0.355 e. The molecule has 1 aliphatic heterocycles. The predicted octanol–water partition coefficient (Wildman–Crippen LogP) is -0.129. The van der Waals surface area contributed by atoms with E-state index in [1.54, 1.807) is 0 Å². The monoisotopic (exact) mass is 232 g/mol. The van der Waals surface area contributed by atoms with Gasteiger partial charge in [-0.1, -0.05) is 6.92 Å². The molecule has 1 amide bonds. The second kappa shape index (κ2) is 6.95. The average Bonchev–Trinajstić information content (AvgIpc) is 2.70. The summed E-state index contributed by atoms with van der Waals surface area (Å²) in [5.41, 5.74) is 0. The first-order valence-corrected chi connectivity index (χ1v) is 7.03. The van der Waals surface area contributed by atoms with Crippen LogP contribution in [0, 0.1) is 5.92 Å². The number of amides is 1. The number of hydrogen-bond acceptors (Lipinski definition) is 3. The second-order valence-corrected chi connectivity index (χ2v) is 5.71. The molecule has 15 heavy (non-hydrogen) atoms. The van der Waals surface area contributed by atoms with Crippen LogP contribution < -0.4 is 10.6 Å². The van der Waals surface area contributed by atoms with Crippen molar-refractivity contribution in [1.29, 1.82) is 0 Å². The molecule has 1 heterocycles. The van der Waals surface area contributed by atoms with E-state index in [1.165, 1.54) is 0 Å². The first-order valence-electron chi connectivity index (χ1n) is 5.54. The van der Waals surface area contributed by atoms with Crippen molar-refractivity contribution in [2.24, 2.45) is 5.92 Å². The van der Waals surface area contributed by atoms with Crippen LogP contribution in [0.1, 0.15) is 19.8 Å². The molecule has 0 spiro atoms. The summed E-state index contributed by atoms with van der Waals surface area (Å²) in [5.74, 6) is 1.83. The highest BCUT2D eigenvalue weighted by molar-refractivity contribution is 7.84. The van der Waals surface area contributed by atoms with Gasteiger partial charge in [-0.25, -0.2) is 0 Å². The standard InChI is InChI=1S/C10H20N2O2S/c1-2-15(14)6-5-12-10(13)7-9-3-4-11-8-9/h9,11H,2-8H2,1H3,(H,12,13). The summed E-state index contributed by atoms with van der Waals surface area (Å²) in [6.45, 7) is 4.41. The predicted molar refractivity (Wildman–Crippen MR) is 62.2 cm³/mol. The zero-order chi connectivity index (χ0) is 11.1. The van der Waals surface area contributed by atoms with Crippen molar-refractivity contribution in [1.82, 2.24) is 10.6 Å². The normalized spacial score (nSPS) is 22.6. The van der Waals surface area contributed by atoms with Crippen LogP contribution in [0.5, 0.6) is 0 Å². The van der Waals surface area contributed by atoms with Gasteiger partial charge in [0.05, 0.1) is 0 Å². The number of carbonyl (C=O) groups is 1. The molecular weight excluding hydrogens is 212 g/mol. The van der Waals surface area contributed by atoms with Gasteiger partial charge in [0.15, 0.2) is 0 Å². The first kappa shape index (κ1) is 12.6. The summed E-state index contributed by atoms with van der Waals surface area (Å²) >= 11 is 0. The van der Waals surface area contributed by atoms with Crippen molar-refractivity contribution in [3.8, 4) is 0 Å². The average molecular weight is 232 g/mol. The lowest BCUT2D eigenvalue weighted by Crippen LogP contribution is -2.29. The van der Waals surface area contributed by atoms with Gasteiger partial charge in [0.25, 0.3) is 0 Å². The summed E-state index contributed by atoms with van der Waals surface area (Å²) in [6, 6.07) is 0. The fourth-order valence-corrected chi connectivity index (χ4v) is 2.29. The van der Waals surface area contributed by atoms with Crippen molar-refractivity contribution in [3.05, 3.63) is 0 Å².